The van der Waals surface area contributed by atoms with Gasteiger partial charge in [-0.1, -0.05) is 0 Å². The minimum Gasteiger partial charge on any atom is -0.302 e. The third-order valence-corrected chi connectivity index (χ3v) is 5.01. The fraction of sp³-hybridized carbons (Fsp3) is 0.933. The van der Waals surface area contributed by atoms with E-state index < -0.39 is 0 Å². The first-order chi connectivity index (χ1) is 9.10. The smallest absolute Gasteiger partial charge is 0.108 e. The van der Waals surface area contributed by atoms with Gasteiger partial charge in [-0.3, -0.25) is 9.80 Å². The molecular formula is C15H28N4. The predicted octanol–water partition coefficient (Wildman–Crippen LogP) is 1.44. The minimum atomic E-state index is -0.280. The maximum atomic E-state index is 9.43. The Morgan fingerprint density at radius 2 is 1.95 bits per heavy atom. The molecule has 1 heterocycles. The van der Waals surface area contributed by atoms with Gasteiger partial charge in [0.15, 0.2) is 0 Å². The van der Waals surface area contributed by atoms with E-state index >= 15 is 0 Å². The number of nitrogens with zero attached hydrogens (tertiary/aromatic N) is 3. The summed E-state index contributed by atoms with van der Waals surface area (Å²) in [7, 11) is 1.93. The summed E-state index contributed by atoms with van der Waals surface area (Å²) >= 11 is 0. The fourth-order valence-corrected chi connectivity index (χ4v) is 3.56. The SMILES string of the molecule is CNC1(C#N)CCCC(N2CCN(C(C)C)CC2)C1. The Bertz CT molecular complexity index is 328. The number of hydrogen-bond acceptors (Lipinski definition) is 4. The average molecular weight is 264 g/mol. The lowest BCUT2D eigenvalue weighted by atomic mass is 9.79. The zero-order valence-corrected chi connectivity index (χ0v) is 12.7. The molecule has 4 nitrogen and oxygen atoms in total. The zero-order chi connectivity index (χ0) is 13.9. The highest BCUT2D eigenvalue weighted by Gasteiger charge is 2.38. The van der Waals surface area contributed by atoms with Gasteiger partial charge in [0.05, 0.1) is 6.07 Å². The van der Waals surface area contributed by atoms with Gasteiger partial charge < -0.3 is 5.32 Å². The van der Waals surface area contributed by atoms with Crippen LogP contribution < -0.4 is 5.32 Å². The molecule has 1 aliphatic carbocycles. The van der Waals surface area contributed by atoms with Gasteiger partial charge in [-0.2, -0.15) is 5.26 Å². The van der Waals surface area contributed by atoms with Crippen LogP contribution in [-0.4, -0.2) is 60.6 Å². The molecule has 2 rings (SSSR count). The molecule has 0 spiro atoms. The van der Waals surface area contributed by atoms with Gasteiger partial charge in [0.1, 0.15) is 5.54 Å². The number of nitrogens with one attached hydrogen (secondary N) is 1. The van der Waals surface area contributed by atoms with Crippen LogP contribution in [0.25, 0.3) is 0 Å². The van der Waals surface area contributed by atoms with Crippen molar-refractivity contribution in [1.82, 2.24) is 15.1 Å². The molecule has 2 unspecified atom stereocenters. The van der Waals surface area contributed by atoms with E-state index in [9.17, 15) is 5.26 Å². The van der Waals surface area contributed by atoms with E-state index in [4.69, 9.17) is 0 Å². The number of piperazine rings is 1. The number of nitriles is 1. The fourth-order valence-electron chi connectivity index (χ4n) is 3.56. The lowest BCUT2D eigenvalue weighted by Crippen LogP contribution is -2.56. The molecule has 19 heavy (non-hydrogen) atoms. The monoisotopic (exact) mass is 264 g/mol. The highest BCUT2D eigenvalue weighted by atomic mass is 15.3. The van der Waals surface area contributed by atoms with E-state index in [1.807, 2.05) is 7.05 Å². The van der Waals surface area contributed by atoms with Gasteiger partial charge in [0, 0.05) is 38.3 Å². The van der Waals surface area contributed by atoms with Gasteiger partial charge in [0.25, 0.3) is 0 Å². The molecule has 1 N–H and O–H groups in total. The molecule has 1 saturated heterocycles. The molecular weight excluding hydrogens is 236 g/mol. The van der Waals surface area contributed by atoms with E-state index in [0.717, 1.165) is 25.9 Å². The van der Waals surface area contributed by atoms with Gasteiger partial charge in [-0.15, -0.1) is 0 Å². The second kappa shape index (κ2) is 6.21. The minimum absolute atomic E-state index is 0.280. The summed E-state index contributed by atoms with van der Waals surface area (Å²) in [4.78, 5) is 5.16. The Hall–Kier alpha value is -0.630. The Balaban J connectivity index is 1.91. The highest BCUT2D eigenvalue weighted by Crippen LogP contribution is 2.31. The summed E-state index contributed by atoms with van der Waals surface area (Å²) in [5, 5.41) is 12.7. The first kappa shape index (κ1) is 14.8. The van der Waals surface area contributed by atoms with Gasteiger partial charge in [-0.05, 0) is 46.6 Å². The largest absolute Gasteiger partial charge is 0.302 e. The summed E-state index contributed by atoms with van der Waals surface area (Å²) in [5.41, 5.74) is -0.280. The van der Waals surface area contributed by atoms with E-state index in [0.29, 0.717) is 12.1 Å². The Morgan fingerprint density at radius 3 is 2.47 bits per heavy atom. The molecule has 0 aromatic rings. The van der Waals surface area contributed by atoms with Gasteiger partial charge in [0.2, 0.25) is 0 Å². The summed E-state index contributed by atoms with van der Waals surface area (Å²) in [5.74, 6) is 0. The van der Waals surface area contributed by atoms with Crippen LogP contribution in [0.1, 0.15) is 39.5 Å². The van der Waals surface area contributed by atoms with E-state index in [2.05, 4.69) is 35.0 Å². The molecule has 0 aromatic heterocycles. The quantitative estimate of drug-likeness (QED) is 0.837. The van der Waals surface area contributed by atoms with Crippen LogP contribution >= 0.6 is 0 Å². The first-order valence-corrected chi connectivity index (χ1v) is 7.68. The first-order valence-electron chi connectivity index (χ1n) is 7.68. The average Bonchev–Trinajstić information content (AvgIpc) is 2.47. The molecule has 1 aliphatic heterocycles. The van der Waals surface area contributed by atoms with Crippen molar-refractivity contribution in [3.8, 4) is 6.07 Å². The van der Waals surface area contributed by atoms with Crippen molar-refractivity contribution in [2.24, 2.45) is 0 Å². The van der Waals surface area contributed by atoms with Crippen molar-refractivity contribution in [2.75, 3.05) is 33.2 Å². The third kappa shape index (κ3) is 3.28. The lowest BCUT2D eigenvalue weighted by Gasteiger charge is -2.45. The second-order valence-corrected chi connectivity index (χ2v) is 6.36. The summed E-state index contributed by atoms with van der Waals surface area (Å²) in [6.45, 7) is 9.22. The molecule has 4 heteroatoms. The Labute approximate surface area is 117 Å². The topological polar surface area (TPSA) is 42.3 Å². The third-order valence-electron chi connectivity index (χ3n) is 5.01. The van der Waals surface area contributed by atoms with Crippen molar-refractivity contribution in [1.29, 1.82) is 5.26 Å². The Morgan fingerprint density at radius 1 is 1.26 bits per heavy atom. The molecule has 0 bridgehead atoms. The van der Waals surface area contributed by atoms with Crippen LogP contribution in [0.15, 0.2) is 0 Å². The maximum absolute atomic E-state index is 9.43. The van der Waals surface area contributed by atoms with Crippen molar-refractivity contribution in [3.63, 3.8) is 0 Å². The lowest BCUT2D eigenvalue weighted by molar-refractivity contribution is 0.0520. The van der Waals surface area contributed by atoms with Crippen LogP contribution in [0.5, 0.6) is 0 Å². The molecule has 108 valence electrons. The number of rotatable bonds is 3. The molecule has 2 aliphatic rings. The standard InChI is InChI=1S/C15H28N4/c1-13(2)18-7-9-19(10-8-18)14-5-4-6-15(11-14,12-16)17-3/h13-14,17H,4-11H2,1-3H3. The van der Waals surface area contributed by atoms with Crippen LogP contribution in [-0.2, 0) is 0 Å². The van der Waals surface area contributed by atoms with Crippen LogP contribution in [0, 0.1) is 11.3 Å². The summed E-state index contributed by atoms with van der Waals surface area (Å²) < 4.78 is 0. The van der Waals surface area contributed by atoms with E-state index in [-0.39, 0.29) is 5.54 Å². The van der Waals surface area contributed by atoms with Crippen molar-refractivity contribution < 1.29 is 0 Å². The van der Waals surface area contributed by atoms with Gasteiger partial charge >= 0.3 is 0 Å². The van der Waals surface area contributed by atoms with E-state index in [1.165, 1.54) is 25.9 Å². The van der Waals surface area contributed by atoms with E-state index in [1.54, 1.807) is 0 Å². The normalized spacial score (nSPS) is 34.4. The predicted molar refractivity (Wildman–Crippen MR) is 77.9 cm³/mol. The molecule has 1 saturated carbocycles. The van der Waals surface area contributed by atoms with Crippen molar-refractivity contribution in [3.05, 3.63) is 0 Å². The molecule has 2 fully saturated rings. The van der Waals surface area contributed by atoms with Crippen LogP contribution in [0.2, 0.25) is 0 Å². The highest BCUT2D eigenvalue weighted by molar-refractivity contribution is 5.10. The van der Waals surface area contributed by atoms with Crippen molar-refractivity contribution in [2.45, 2.75) is 57.2 Å². The zero-order valence-electron chi connectivity index (χ0n) is 12.7. The van der Waals surface area contributed by atoms with Crippen LogP contribution in [0.4, 0.5) is 0 Å². The summed E-state index contributed by atoms with van der Waals surface area (Å²) in [6, 6.07) is 3.76. The molecule has 0 aromatic carbocycles. The number of hydrogen-bond donors (Lipinski definition) is 1. The second-order valence-electron chi connectivity index (χ2n) is 6.36. The van der Waals surface area contributed by atoms with Gasteiger partial charge in [-0.25, -0.2) is 0 Å². The van der Waals surface area contributed by atoms with Crippen LogP contribution in [0.3, 0.4) is 0 Å². The Kier molecular flexibility index (Phi) is 4.83. The molecule has 0 radical (unpaired) electrons. The molecule has 0 amide bonds. The van der Waals surface area contributed by atoms with Crippen molar-refractivity contribution >= 4 is 0 Å². The maximum Gasteiger partial charge on any atom is 0.108 e. The molecule has 2 atom stereocenters. The summed E-state index contributed by atoms with van der Waals surface area (Å²) in [6.07, 6.45) is 4.42.